The van der Waals surface area contributed by atoms with E-state index in [4.69, 9.17) is 4.74 Å². The van der Waals surface area contributed by atoms with Gasteiger partial charge in [0.1, 0.15) is 12.4 Å². The number of ether oxygens (including phenoxy) is 1. The van der Waals surface area contributed by atoms with Crippen LogP contribution in [0.5, 0.6) is 5.75 Å². The minimum Gasteiger partial charge on any atom is -0.489 e. The van der Waals surface area contributed by atoms with Crippen molar-refractivity contribution < 1.29 is 13.2 Å². The van der Waals surface area contributed by atoms with Crippen LogP contribution in [-0.4, -0.2) is 19.4 Å². The van der Waals surface area contributed by atoms with E-state index in [1.807, 2.05) is 54.6 Å². The number of sulfone groups is 1. The van der Waals surface area contributed by atoms with Gasteiger partial charge >= 0.3 is 0 Å². The van der Waals surface area contributed by atoms with Crippen LogP contribution in [0, 0.1) is 11.8 Å². The van der Waals surface area contributed by atoms with Gasteiger partial charge in [0.25, 0.3) is 0 Å². The number of hydrogen-bond donors (Lipinski definition) is 0. The molecule has 124 valence electrons. The first-order valence-corrected chi connectivity index (χ1v) is 9.82. The standard InChI is InChI=1S/C20H20O3S/c21-24(22)14-6-13-20(24)12-5-10-17-9-4-11-19(15-17)23-16-18-7-2-1-3-8-18/h1-4,7-9,11,15,20H,6,12-14,16H2. The van der Waals surface area contributed by atoms with Gasteiger partial charge < -0.3 is 4.74 Å². The number of hydrogen-bond acceptors (Lipinski definition) is 3. The van der Waals surface area contributed by atoms with Crippen LogP contribution in [0.15, 0.2) is 54.6 Å². The monoisotopic (exact) mass is 340 g/mol. The van der Waals surface area contributed by atoms with E-state index in [9.17, 15) is 8.42 Å². The van der Waals surface area contributed by atoms with Crippen LogP contribution >= 0.6 is 0 Å². The zero-order valence-electron chi connectivity index (χ0n) is 13.4. The molecule has 1 atom stereocenters. The molecule has 1 aliphatic rings. The van der Waals surface area contributed by atoms with Gasteiger partial charge in [-0.3, -0.25) is 0 Å². The fourth-order valence-electron chi connectivity index (χ4n) is 2.76. The molecule has 1 unspecified atom stereocenters. The highest BCUT2D eigenvalue weighted by molar-refractivity contribution is 7.92. The van der Waals surface area contributed by atoms with Gasteiger partial charge in [-0.05, 0) is 36.6 Å². The molecule has 3 rings (SSSR count). The van der Waals surface area contributed by atoms with Crippen LogP contribution in [0.2, 0.25) is 0 Å². The normalized spacial score (nSPS) is 18.6. The van der Waals surface area contributed by atoms with Gasteiger partial charge in [-0.25, -0.2) is 8.42 Å². The average molecular weight is 340 g/mol. The molecule has 0 N–H and O–H groups in total. The highest BCUT2D eigenvalue weighted by atomic mass is 32.2. The van der Waals surface area contributed by atoms with Crippen molar-refractivity contribution in [3.63, 3.8) is 0 Å². The van der Waals surface area contributed by atoms with Gasteiger partial charge in [0, 0.05) is 12.0 Å². The third-order valence-electron chi connectivity index (χ3n) is 4.11. The van der Waals surface area contributed by atoms with Crippen molar-refractivity contribution in [3.8, 4) is 17.6 Å². The van der Waals surface area contributed by atoms with Gasteiger partial charge in [-0.1, -0.05) is 48.2 Å². The van der Waals surface area contributed by atoms with E-state index >= 15 is 0 Å². The van der Waals surface area contributed by atoms with Gasteiger partial charge in [-0.15, -0.1) is 0 Å². The Labute approximate surface area is 143 Å². The number of rotatable bonds is 4. The smallest absolute Gasteiger partial charge is 0.154 e. The van der Waals surface area contributed by atoms with E-state index in [2.05, 4.69) is 11.8 Å². The minimum atomic E-state index is -2.92. The first kappa shape index (κ1) is 16.6. The van der Waals surface area contributed by atoms with E-state index in [0.717, 1.165) is 29.7 Å². The molecule has 24 heavy (non-hydrogen) atoms. The van der Waals surface area contributed by atoms with Crippen molar-refractivity contribution >= 4 is 9.84 Å². The van der Waals surface area contributed by atoms with Crippen molar-refractivity contribution in [2.24, 2.45) is 0 Å². The molecule has 0 radical (unpaired) electrons. The second kappa shape index (κ2) is 7.55. The first-order valence-electron chi connectivity index (χ1n) is 8.11. The van der Waals surface area contributed by atoms with Crippen molar-refractivity contribution in [1.29, 1.82) is 0 Å². The topological polar surface area (TPSA) is 43.4 Å². The molecule has 3 nitrogen and oxygen atoms in total. The van der Waals surface area contributed by atoms with E-state index in [0.29, 0.717) is 18.8 Å². The van der Waals surface area contributed by atoms with Crippen molar-refractivity contribution in [2.75, 3.05) is 5.75 Å². The molecule has 0 aliphatic carbocycles. The third-order valence-corrected chi connectivity index (χ3v) is 6.38. The maximum Gasteiger partial charge on any atom is 0.154 e. The average Bonchev–Trinajstić information content (AvgIpc) is 2.93. The van der Waals surface area contributed by atoms with Gasteiger partial charge in [-0.2, -0.15) is 0 Å². The summed E-state index contributed by atoms with van der Waals surface area (Å²) in [6.07, 6.45) is 1.91. The second-order valence-corrected chi connectivity index (χ2v) is 8.34. The summed E-state index contributed by atoms with van der Waals surface area (Å²) in [7, 11) is -2.92. The fraction of sp³-hybridized carbons (Fsp3) is 0.300. The highest BCUT2D eigenvalue weighted by Gasteiger charge is 2.30. The zero-order valence-corrected chi connectivity index (χ0v) is 14.3. The lowest BCUT2D eigenvalue weighted by Crippen LogP contribution is -2.14. The molecule has 2 aromatic carbocycles. The first-order chi connectivity index (χ1) is 11.6. The van der Waals surface area contributed by atoms with Crippen LogP contribution in [0.4, 0.5) is 0 Å². The molecule has 0 amide bonds. The Hall–Kier alpha value is -2.25. The van der Waals surface area contributed by atoms with Crippen molar-refractivity contribution in [1.82, 2.24) is 0 Å². The van der Waals surface area contributed by atoms with Crippen LogP contribution in [0.3, 0.4) is 0 Å². The Morgan fingerprint density at radius 3 is 2.67 bits per heavy atom. The summed E-state index contributed by atoms with van der Waals surface area (Å²) in [5.41, 5.74) is 1.95. The second-order valence-electron chi connectivity index (χ2n) is 5.94. The van der Waals surface area contributed by atoms with Gasteiger partial charge in [0.15, 0.2) is 9.84 Å². The summed E-state index contributed by atoms with van der Waals surface area (Å²) < 4.78 is 29.4. The largest absolute Gasteiger partial charge is 0.489 e. The molecular weight excluding hydrogens is 320 g/mol. The summed E-state index contributed by atoms with van der Waals surface area (Å²) in [6, 6.07) is 17.6. The van der Waals surface area contributed by atoms with Crippen molar-refractivity contribution in [3.05, 3.63) is 65.7 Å². The Balaban J connectivity index is 1.60. The molecule has 0 saturated carbocycles. The van der Waals surface area contributed by atoms with E-state index in [-0.39, 0.29) is 5.25 Å². The molecule has 0 spiro atoms. The minimum absolute atomic E-state index is 0.289. The van der Waals surface area contributed by atoms with E-state index in [1.54, 1.807) is 0 Å². The molecule has 4 heteroatoms. The fourth-order valence-corrected chi connectivity index (χ4v) is 4.52. The van der Waals surface area contributed by atoms with E-state index < -0.39 is 9.84 Å². The van der Waals surface area contributed by atoms with E-state index in [1.165, 1.54) is 0 Å². The summed E-state index contributed by atoms with van der Waals surface area (Å²) in [5, 5.41) is -0.289. The van der Waals surface area contributed by atoms with Gasteiger partial charge in [0.05, 0.1) is 11.0 Å². The lowest BCUT2D eigenvalue weighted by molar-refractivity contribution is 0.306. The molecule has 0 aromatic heterocycles. The molecule has 0 bridgehead atoms. The third kappa shape index (κ3) is 4.39. The highest BCUT2D eigenvalue weighted by Crippen LogP contribution is 2.22. The molecular formula is C20H20O3S. The Morgan fingerprint density at radius 1 is 1.08 bits per heavy atom. The maximum absolute atomic E-state index is 11.8. The van der Waals surface area contributed by atoms with Gasteiger partial charge in [0.2, 0.25) is 0 Å². The SMILES string of the molecule is O=S1(=O)CCCC1CC#Cc1cccc(OCc2ccccc2)c1. The maximum atomic E-state index is 11.8. The molecule has 1 heterocycles. The molecule has 1 fully saturated rings. The summed E-state index contributed by atoms with van der Waals surface area (Å²) in [5.74, 6) is 7.14. The van der Waals surface area contributed by atoms with Crippen LogP contribution in [0.25, 0.3) is 0 Å². The van der Waals surface area contributed by atoms with Crippen molar-refractivity contribution in [2.45, 2.75) is 31.1 Å². The Morgan fingerprint density at radius 2 is 1.92 bits per heavy atom. The number of benzene rings is 2. The summed E-state index contributed by atoms with van der Waals surface area (Å²) in [4.78, 5) is 0. The zero-order chi connectivity index (χ0) is 16.8. The lowest BCUT2D eigenvalue weighted by Gasteiger charge is -2.06. The quantitative estimate of drug-likeness (QED) is 0.799. The molecule has 1 saturated heterocycles. The molecule has 2 aromatic rings. The lowest BCUT2D eigenvalue weighted by atomic mass is 10.1. The molecule has 1 aliphatic heterocycles. The Bertz CT molecular complexity index is 845. The van der Waals surface area contributed by atoms with Crippen LogP contribution in [-0.2, 0) is 16.4 Å². The van der Waals surface area contributed by atoms with Crippen LogP contribution in [0.1, 0.15) is 30.4 Å². The summed E-state index contributed by atoms with van der Waals surface area (Å²) >= 11 is 0. The predicted molar refractivity (Wildman–Crippen MR) is 95.5 cm³/mol. The predicted octanol–water partition coefficient (Wildman–Crippen LogP) is 3.58. The summed E-state index contributed by atoms with van der Waals surface area (Å²) in [6.45, 7) is 0.512. The Kier molecular flexibility index (Phi) is 5.22. The van der Waals surface area contributed by atoms with Crippen LogP contribution < -0.4 is 4.74 Å².